The van der Waals surface area contributed by atoms with Crippen LogP contribution in [-0.4, -0.2) is 36.6 Å². The van der Waals surface area contributed by atoms with E-state index in [2.05, 4.69) is 15.3 Å². The molecule has 1 unspecified atom stereocenters. The lowest BCUT2D eigenvalue weighted by Gasteiger charge is -2.25. The van der Waals surface area contributed by atoms with Crippen molar-refractivity contribution in [3.63, 3.8) is 0 Å². The fourth-order valence-corrected chi connectivity index (χ4v) is 3.04. The molecule has 0 spiro atoms. The lowest BCUT2D eigenvalue weighted by molar-refractivity contribution is 0.101. The van der Waals surface area contributed by atoms with Crippen molar-refractivity contribution in [2.45, 2.75) is 25.8 Å². The summed E-state index contributed by atoms with van der Waals surface area (Å²) in [6.07, 6.45) is 1.92. The van der Waals surface area contributed by atoms with Crippen molar-refractivity contribution in [2.24, 2.45) is 4.99 Å². The Hall–Kier alpha value is -2.51. The van der Waals surface area contributed by atoms with E-state index in [-0.39, 0.29) is 12.3 Å². The van der Waals surface area contributed by atoms with Crippen LogP contribution in [0.3, 0.4) is 0 Å². The van der Waals surface area contributed by atoms with Crippen molar-refractivity contribution in [3.8, 4) is 0 Å². The summed E-state index contributed by atoms with van der Waals surface area (Å²) >= 11 is 5.79. The van der Waals surface area contributed by atoms with Gasteiger partial charge in [-0.2, -0.15) is 0 Å². The number of anilines is 1. The minimum Gasteiger partial charge on any atom is -0.481 e. The first-order chi connectivity index (χ1) is 13.4. The summed E-state index contributed by atoms with van der Waals surface area (Å²) in [5.41, 5.74) is -0.0224. The van der Waals surface area contributed by atoms with Crippen molar-refractivity contribution < 1.29 is 18.7 Å². The third-order valence-corrected chi connectivity index (χ3v) is 4.51. The summed E-state index contributed by atoms with van der Waals surface area (Å²) < 4.78 is 25.8. The lowest BCUT2D eigenvalue weighted by Crippen LogP contribution is -2.28. The van der Waals surface area contributed by atoms with Crippen molar-refractivity contribution in [1.82, 2.24) is 4.98 Å². The first kappa shape index (κ1) is 20.2. The summed E-state index contributed by atoms with van der Waals surface area (Å²) in [5, 5.41) is 3.16. The molecule has 148 valence electrons. The number of pyridine rings is 1. The predicted molar refractivity (Wildman–Crippen MR) is 105 cm³/mol. The molecule has 1 aliphatic rings. The van der Waals surface area contributed by atoms with Gasteiger partial charge in [0.1, 0.15) is 17.1 Å². The molecule has 1 aromatic heterocycles. The number of carbonyl (C=O) groups excluding carboxylic acids is 1. The number of nitrogens with zero attached hydrogens (tertiary/aromatic N) is 2. The minimum atomic E-state index is -0.968. The molecule has 1 aromatic carbocycles. The van der Waals surface area contributed by atoms with E-state index in [1.54, 1.807) is 19.1 Å². The highest BCUT2D eigenvalue weighted by Crippen LogP contribution is 2.32. The molecule has 1 atom stereocenters. The van der Waals surface area contributed by atoms with Crippen molar-refractivity contribution in [2.75, 3.05) is 25.1 Å². The van der Waals surface area contributed by atoms with Crippen molar-refractivity contribution in [3.05, 3.63) is 58.6 Å². The van der Waals surface area contributed by atoms with Crippen LogP contribution in [0.25, 0.3) is 0 Å². The molecule has 6 nitrogen and oxygen atoms in total. The van der Waals surface area contributed by atoms with Gasteiger partial charge < -0.3 is 14.8 Å². The molecule has 2 aromatic rings. The fourth-order valence-electron chi connectivity index (χ4n) is 2.92. The van der Waals surface area contributed by atoms with Gasteiger partial charge in [-0.25, -0.2) is 14.4 Å². The van der Waals surface area contributed by atoms with Gasteiger partial charge in [0.15, 0.2) is 5.90 Å². The Bertz CT molecular complexity index is 889. The topological polar surface area (TPSA) is 72.8 Å². The van der Waals surface area contributed by atoms with E-state index >= 15 is 0 Å². The molecule has 1 aliphatic heterocycles. The second-order valence-corrected chi connectivity index (χ2v) is 6.96. The van der Waals surface area contributed by atoms with Crippen LogP contribution in [0.4, 0.5) is 10.1 Å². The highest BCUT2D eigenvalue weighted by molar-refractivity contribution is 6.30. The second kappa shape index (κ2) is 8.67. The zero-order valence-corrected chi connectivity index (χ0v) is 16.4. The standard InChI is InChI=1S/C20H21ClFN3O3/c1-3-28-18-8-9-27-12-20(2,25-18)15-10-14(5-6-16(15)22)24-19(26)17-7-4-13(21)11-23-17/h4-7,10-11H,3,8-9,12H2,1-2H3,(H,24,26). The van der Waals surface area contributed by atoms with E-state index in [0.29, 0.717) is 41.8 Å². The quantitative estimate of drug-likeness (QED) is 0.827. The first-order valence-electron chi connectivity index (χ1n) is 8.93. The number of hydrogen-bond acceptors (Lipinski definition) is 5. The largest absolute Gasteiger partial charge is 0.481 e. The van der Waals surface area contributed by atoms with Crippen LogP contribution >= 0.6 is 11.6 Å². The molecule has 28 heavy (non-hydrogen) atoms. The van der Waals surface area contributed by atoms with Crippen LogP contribution in [-0.2, 0) is 15.0 Å². The number of nitrogens with one attached hydrogen (secondary N) is 1. The predicted octanol–water partition coefficient (Wildman–Crippen LogP) is 4.20. The average molecular weight is 406 g/mol. The summed E-state index contributed by atoms with van der Waals surface area (Å²) in [4.78, 5) is 21.0. The number of halogens is 2. The Labute approximate surface area is 167 Å². The van der Waals surface area contributed by atoms with E-state index in [1.165, 1.54) is 24.4 Å². The van der Waals surface area contributed by atoms with Gasteiger partial charge in [0.25, 0.3) is 5.91 Å². The smallest absolute Gasteiger partial charge is 0.274 e. The second-order valence-electron chi connectivity index (χ2n) is 6.53. The number of ether oxygens (including phenoxy) is 2. The number of aromatic nitrogens is 1. The Morgan fingerprint density at radius 3 is 2.93 bits per heavy atom. The Kier molecular flexibility index (Phi) is 6.26. The van der Waals surface area contributed by atoms with Crippen LogP contribution < -0.4 is 5.32 Å². The Morgan fingerprint density at radius 2 is 2.21 bits per heavy atom. The fraction of sp³-hybridized carbons (Fsp3) is 0.350. The summed E-state index contributed by atoms with van der Waals surface area (Å²) in [6, 6.07) is 7.44. The highest BCUT2D eigenvalue weighted by atomic mass is 35.5. The molecule has 3 rings (SSSR count). The first-order valence-corrected chi connectivity index (χ1v) is 9.31. The molecule has 0 saturated carbocycles. The van der Waals surface area contributed by atoms with Crippen molar-refractivity contribution in [1.29, 1.82) is 0 Å². The third-order valence-electron chi connectivity index (χ3n) is 4.29. The summed E-state index contributed by atoms with van der Waals surface area (Å²) in [5.74, 6) is -0.327. The van der Waals surface area contributed by atoms with Crippen LogP contribution in [0.1, 0.15) is 36.3 Å². The SMILES string of the molecule is CCOC1=NC(C)(c2cc(NC(=O)c3ccc(Cl)cn3)ccc2F)COCC1. The number of rotatable bonds is 4. The molecule has 1 N–H and O–H groups in total. The van der Waals surface area contributed by atoms with Gasteiger partial charge in [-0.15, -0.1) is 0 Å². The van der Waals surface area contributed by atoms with Gasteiger partial charge in [0.05, 0.1) is 24.8 Å². The van der Waals surface area contributed by atoms with Gasteiger partial charge in [-0.1, -0.05) is 11.6 Å². The third kappa shape index (κ3) is 4.66. The maximum atomic E-state index is 14.6. The monoisotopic (exact) mass is 405 g/mol. The van der Waals surface area contributed by atoms with Crippen LogP contribution in [0.5, 0.6) is 0 Å². The normalized spacial score (nSPS) is 19.5. The summed E-state index contributed by atoms with van der Waals surface area (Å²) in [7, 11) is 0. The molecule has 0 aliphatic carbocycles. The Morgan fingerprint density at radius 1 is 1.39 bits per heavy atom. The van der Waals surface area contributed by atoms with Crippen LogP contribution in [0.15, 0.2) is 41.5 Å². The maximum absolute atomic E-state index is 14.6. The van der Waals surface area contributed by atoms with Crippen molar-refractivity contribution >= 4 is 29.1 Å². The zero-order valence-electron chi connectivity index (χ0n) is 15.7. The van der Waals surface area contributed by atoms with E-state index in [0.717, 1.165) is 0 Å². The van der Waals surface area contributed by atoms with Gasteiger partial charge in [-0.3, -0.25) is 4.79 Å². The molecular weight excluding hydrogens is 385 g/mol. The Balaban J connectivity index is 1.89. The summed E-state index contributed by atoms with van der Waals surface area (Å²) in [6.45, 7) is 4.78. The molecule has 0 bridgehead atoms. The lowest BCUT2D eigenvalue weighted by atomic mass is 9.92. The van der Waals surface area contributed by atoms with E-state index in [9.17, 15) is 9.18 Å². The molecule has 0 fully saturated rings. The number of benzene rings is 1. The van der Waals surface area contributed by atoms with Crippen LogP contribution in [0, 0.1) is 5.82 Å². The van der Waals surface area contributed by atoms with Gasteiger partial charge in [0, 0.05) is 23.9 Å². The van der Waals surface area contributed by atoms with E-state index in [4.69, 9.17) is 21.1 Å². The number of hydrogen-bond donors (Lipinski definition) is 1. The van der Waals surface area contributed by atoms with E-state index in [1.807, 2.05) is 6.92 Å². The average Bonchev–Trinajstić information content (AvgIpc) is 2.86. The molecule has 1 amide bonds. The van der Waals surface area contributed by atoms with Gasteiger partial charge in [0.2, 0.25) is 0 Å². The highest BCUT2D eigenvalue weighted by Gasteiger charge is 2.33. The van der Waals surface area contributed by atoms with Gasteiger partial charge >= 0.3 is 0 Å². The molecule has 0 radical (unpaired) electrons. The van der Waals surface area contributed by atoms with Crippen LogP contribution in [0.2, 0.25) is 5.02 Å². The number of amides is 1. The molecular formula is C20H21ClFN3O3. The molecule has 2 heterocycles. The molecule has 0 saturated heterocycles. The van der Waals surface area contributed by atoms with E-state index < -0.39 is 17.3 Å². The zero-order chi connectivity index (χ0) is 20.1. The minimum absolute atomic E-state index is 0.205. The number of aliphatic imine (C=N–C) groups is 1. The maximum Gasteiger partial charge on any atom is 0.274 e. The van der Waals surface area contributed by atoms with Gasteiger partial charge in [-0.05, 0) is 44.2 Å². The molecule has 8 heteroatoms. The number of carbonyl (C=O) groups is 1.